The molecule has 2 aliphatic rings. The number of nitrogens with zero attached hydrogens (tertiary/aromatic N) is 4. The van der Waals surface area contributed by atoms with Crippen LogP contribution in [-0.2, 0) is 17.8 Å². The molecule has 0 bridgehead atoms. The monoisotopic (exact) mass is 601 g/mol. The second kappa shape index (κ2) is 11.9. The maximum absolute atomic E-state index is 12.6. The molecule has 11 heteroatoms. The maximum Gasteiger partial charge on any atom is 0.223 e. The Hall–Kier alpha value is -2.63. The number of nitrogens with two attached hydrogens (primary N) is 1. The van der Waals surface area contributed by atoms with Crippen molar-refractivity contribution < 1.29 is 18.6 Å². The number of carbonyl (C=O) groups is 1. The fourth-order valence-corrected chi connectivity index (χ4v) is 7.41. The quantitative estimate of drug-likeness (QED) is 0.239. The van der Waals surface area contributed by atoms with E-state index in [1.165, 1.54) is 6.42 Å². The van der Waals surface area contributed by atoms with Gasteiger partial charge >= 0.3 is 0 Å². The minimum atomic E-state index is -3.34. The molecule has 1 aliphatic carbocycles. The molecule has 3 aromatic rings. The zero-order valence-corrected chi connectivity index (χ0v) is 25.4. The van der Waals surface area contributed by atoms with Gasteiger partial charge in [-0.1, -0.05) is 61.9 Å². The van der Waals surface area contributed by atoms with Crippen LogP contribution in [0, 0.1) is 5.41 Å². The molecule has 2 heterocycles. The summed E-state index contributed by atoms with van der Waals surface area (Å²) >= 11 is 6.70. The molecule has 0 unspecified atom stereocenters. The Bertz CT molecular complexity index is 1390. The molecule has 0 saturated heterocycles. The molecule has 1 fully saturated rings. The first-order valence-electron chi connectivity index (χ1n) is 14.3. The molecule has 0 spiro atoms. The topological polar surface area (TPSA) is 127 Å². The number of amides is 1. The van der Waals surface area contributed by atoms with Gasteiger partial charge in [-0.05, 0) is 73.8 Å². The molecule has 1 amide bonds. The molecule has 9 nitrogen and oxygen atoms in total. The molecule has 2 aromatic carbocycles. The molecule has 5 rings (SSSR count). The number of hydrogen-bond acceptors (Lipinski definition) is 7. The summed E-state index contributed by atoms with van der Waals surface area (Å²) in [6, 6.07) is 13.2. The average molecular weight is 602 g/mol. The molecule has 2 atom stereocenters. The third kappa shape index (κ3) is 6.12. The van der Waals surface area contributed by atoms with Crippen molar-refractivity contribution in [1.82, 2.24) is 19.3 Å². The smallest absolute Gasteiger partial charge is 0.223 e. The number of benzene rings is 2. The molecule has 222 valence electrons. The van der Waals surface area contributed by atoms with Crippen LogP contribution in [0.1, 0.15) is 81.7 Å². The highest BCUT2D eigenvalue weighted by Gasteiger charge is 2.38. The number of aryl methyl sites for hydroxylation is 1. The summed E-state index contributed by atoms with van der Waals surface area (Å²) in [6.45, 7) is 6.26. The van der Waals surface area contributed by atoms with Crippen molar-refractivity contribution in [2.24, 2.45) is 11.1 Å². The van der Waals surface area contributed by atoms with E-state index < -0.39 is 22.1 Å². The minimum absolute atomic E-state index is 0.197. The van der Waals surface area contributed by atoms with Gasteiger partial charge in [0.15, 0.2) is 0 Å². The van der Waals surface area contributed by atoms with E-state index in [2.05, 4.69) is 10.3 Å². The van der Waals surface area contributed by atoms with E-state index >= 15 is 0 Å². The van der Waals surface area contributed by atoms with Gasteiger partial charge in [0, 0.05) is 17.8 Å². The molecule has 1 aromatic heterocycles. The largest absolute Gasteiger partial charge is 0.487 e. The third-order valence-corrected chi connectivity index (χ3v) is 11.0. The molecule has 1 saturated carbocycles. The second-order valence-electron chi connectivity index (χ2n) is 11.7. The van der Waals surface area contributed by atoms with E-state index in [1.54, 1.807) is 22.5 Å². The van der Waals surface area contributed by atoms with Gasteiger partial charge in [-0.2, -0.15) is 4.31 Å². The van der Waals surface area contributed by atoms with E-state index in [9.17, 15) is 13.9 Å². The van der Waals surface area contributed by atoms with Crippen molar-refractivity contribution in [2.75, 3.05) is 6.54 Å². The molecule has 0 radical (unpaired) electrons. The molecule has 41 heavy (non-hydrogen) atoms. The van der Waals surface area contributed by atoms with Crippen molar-refractivity contribution >= 4 is 28.3 Å². The maximum atomic E-state index is 12.6. The first-order valence-corrected chi connectivity index (χ1v) is 16.2. The predicted octanol–water partition coefficient (Wildman–Crippen LogP) is 6.58. The lowest BCUT2D eigenvalue weighted by molar-refractivity contribution is -0.127. The number of primary amides is 1. The van der Waals surface area contributed by atoms with Crippen LogP contribution in [0.3, 0.4) is 0 Å². The van der Waals surface area contributed by atoms with Gasteiger partial charge in [0.05, 0.1) is 23.7 Å². The molecule has 1 aliphatic heterocycles. The minimum Gasteiger partial charge on any atom is -0.487 e. The van der Waals surface area contributed by atoms with Crippen molar-refractivity contribution in [1.29, 1.82) is 0 Å². The number of hydrogen-bond donors (Lipinski definition) is 3. The van der Waals surface area contributed by atoms with Gasteiger partial charge in [0.1, 0.15) is 16.7 Å². The van der Waals surface area contributed by atoms with Crippen molar-refractivity contribution in [2.45, 2.75) is 88.8 Å². The number of aromatic nitrogens is 3. The van der Waals surface area contributed by atoms with Crippen LogP contribution in [0.2, 0.25) is 5.02 Å². The van der Waals surface area contributed by atoms with Gasteiger partial charge in [-0.3, -0.25) is 13.9 Å². The van der Waals surface area contributed by atoms with Crippen LogP contribution in [0.4, 0.5) is 0 Å². The highest BCUT2D eigenvalue weighted by atomic mass is 35.5. The van der Waals surface area contributed by atoms with E-state index in [0.29, 0.717) is 47.5 Å². The average Bonchev–Trinajstić information content (AvgIpc) is 3.32. The SMILES string of the molecule is CC[C@@H]1CN(Cc2cc([C@@H](CCc3cn(C4CCC4)nn3)C(C)(C)C(N)=O)ccc2Cl)S(O)(O)c2ccccc2O1. The molecule has 4 N–H and O–H groups in total. The first kappa shape index (κ1) is 29.8. The number of rotatable bonds is 10. The summed E-state index contributed by atoms with van der Waals surface area (Å²) in [4.78, 5) is 13.0. The first-order chi connectivity index (χ1) is 19.5. The van der Waals surface area contributed by atoms with Crippen molar-refractivity contribution in [3.05, 3.63) is 70.5 Å². The molecular formula is C30H40ClN5O4S. The Morgan fingerprint density at radius 2 is 2.00 bits per heavy atom. The lowest BCUT2D eigenvalue weighted by atomic mass is 9.71. The van der Waals surface area contributed by atoms with E-state index in [4.69, 9.17) is 22.1 Å². The fourth-order valence-electron chi connectivity index (χ4n) is 5.62. The summed E-state index contributed by atoms with van der Waals surface area (Å²) in [5.74, 6) is -0.126. The van der Waals surface area contributed by atoms with E-state index in [-0.39, 0.29) is 18.6 Å². The van der Waals surface area contributed by atoms with Crippen molar-refractivity contribution in [3.63, 3.8) is 0 Å². The summed E-state index contributed by atoms with van der Waals surface area (Å²) in [5, 5.41) is 9.22. The Morgan fingerprint density at radius 1 is 1.24 bits per heavy atom. The highest BCUT2D eigenvalue weighted by Crippen LogP contribution is 2.57. The van der Waals surface area contributed by atoms with Crippen LogP contribution < -0.4 is 10.5 Å². The van der Waals surface area contributed by atoms with Crippen LogP contribution in [0.25, 0.3) is 0 Å². The van der Waals surface area contributed by atoms with Crippen molar-refractivity contribution in [3.8, 4) is 5.75 Å². The number of fused-ring (bicyclic) bond motifs is 1. The van der Waals surface area contributed by atoms with Crippen LogP contribution in [0.15, 0.2) is 53.6 Å². The summed E-state index contributed by atoms with van der Waals surface area (Å²) in [7, 11) is -3.34. The Labute approximate surface area is 248 Å². The Morgan fingerprint density at radius 3 is 2.68 bits per heavy atom. The summed E-state index contributed by atoms with van der Waals surface area (Å²) in [6.07, 6.45) is 7.26. The Kier molecular flexibility index (Phi) is 8.69. The van der Waals surface area contributed by atoms with E-state index in [1.807, 2.05) is 55.9 Å². The normalized spacial score (nSPS) is 20.8. The predicted molar refractivity (Wildman–Crippen MR) is 161 cm³/mol. The number of halogens is 1. The van der Waals surface area contributed by atoms with Gasteiger partial charge in [0.2, 0.25) is 5.91 Å². The van der Waals surface area contributed by atoms with Gasteiger partial charge in [-0.15, -0.1) is 15.9 Å². The summed E-state index contributed by atoms with van der Waals surface area (Å²) in [5.41, 5.74) is 7.60. The highest BCUT2D eigenvalue weighted by molar-refractivity contribution is 8.22. The number of para-hydroxylation sites is 1. The Balaban J connectivity index is 1.43. The van der Waals surface area contributed by atoms with Gasteiger partial charge in [-0.25, -0.2) is 4.68 Å². The van der Waals surface area contributed by atoms with E-state index in [0.717, 1.165) is 29.7 Å². The fraction of sp³-hybridized carbons (Fsp3) is 0.500. The lowest BCUT2D eigenvalue weighted by Crippen LogP contribution is -2.37. The standard InChI is InChI=1S/C30H40ClN5O4S/c1-4-24-19-35(41(38,39)28-11-6-5-10-27(28)40-24)17-21-16-20(12-15-26(21)31)25(30(2,3)29(32)37)14-13-22-18-36(34-33-22)23-8-7-9-23/h5-6,10-12,15-16,18,23-25,38-39H,4,7-9,13-14,17,19H2,1-3H3,(H2,32,37)/t24-,25-/m1/s1. The number of carbonyl (C=O) groups excluding carboxylic acids is 1. The van der Waals surface area contributed by atoms with Crippen LogP contribution in [-0.4, -0.2) is 47.0 Å². The van der Waals surface area contributed by atoms with Gasteiger partial charge < -0.3 is 10.5 Å². The third-order valence-electron chi connectivity index (χ3n) is 8.68. The zero-order chi connectivity index (χ0) is 29.4. The lowest BCUT2D eigenvalue weighted by Gasteiger charge is -2.42. The summed E-state index contributed by atoms with van der Waals surface area (Å²) < 4.78 is 32.7. The second-order valence-corrected chi connectivity index (χ2v) is 14.1. The zero-order valence-electron chi connectivity index (χ0n) is 23.9. The number of ether oxygens (including phenoxy) is 1. The van der Waals surface area contributed by atoms with Gasteiger partial charge in [0.25, 0.3) is 0 Å². The van der Waals surface area contributed by atoms with Crippen LogP contribution in [0.5, 0.6) is 5.75 Å². The van der Waals surface area contributed by atoms with Crippen LogP contribution >= 0.6 is 22.4 Å². The molecular weight excluding hydrogens is 562 g/mol.